The van der Waals surface area contributed by atoms with Crippen LogP contribution in [0.1, 0.15) is 56.4 Å². The first kappa shape index (κ1) is 16.5. The van der Waals surface area contributed by atoms with Gasteiger partial charge in [-0.25, -0.2) is 0 Å². The summed E-state index contributed by atoms with van der Waals surface area (Å²) < 4.78 is 0. The Hall–Kier alpha value is -1.38. The molecular weight excluding hydrogens is 282 g/mol. The predicted octanol–water partition coefficient (Wildman–Crippen LogP) is 4.48. The second-order valence-corrected chi connectivity index (χ2v) is 6.76. The number of aliphatic hydroxyl groups is 1. The third kappa shape index (κ3) is 3.02. The second-order valence-electron chi connectivity index (χ2n) is 6.76. The van der Waals surface area contributed by atoms with Crippen LogP contribution in [-0.4, -0.2) is 29.1 Å². The first-order chi connectivity index (χ1) is 11.2. The quantitative estimate of drug-likeness (QED) is 0.880. The highest BCUT2D eigenvalue weighted by Gasteiger charge is 2.25. The van der Waals surface area contributed by atoms with E-state index in [4.69, 9.17) is 0 Å². The van der Waals surface area contributed by atoms with Crippen molar-refractivity contribution in [2.24, 2.45) is 0 Å². The smallest absolute Gasteiger partial charge is 0.0948 e. The van der Waals surface area contributed by atoms with Crippen LogP contribution in [0.3, 0.4) is 0 Å². The van der Waals surface area contributed by atoms with Crippen molar-refractivity contribution in [3.8, 4) is 0 Å². The molecule has 0 fully saturated rings. The molecule has 0 heterocycles. The number of fused-ring (bicyclic) bond motifs is 3. The molecule has 0 bridgehead atoms. The van der Waals surface area contributed by atoms with Gasteiger partial charge in [0, 0.05) is 6.04 Å². The highest BCUT2D eigenvalue weighted by molar-refractivity contribution is 5.90. The van der Waals surface area contributed by atoms with Gasteiger partial charge in [0.1, 0.15) is 0 Å². The summed E-state index contributed by atoms with van der Waals surface area (Å²) in [6.45, 7) is 8.41. The number of benzene rings is 2. The average molecular weight is 311 g/mol. The van der Waals surface area contributed by atoms with Crippen LogP contribution in [0.4, 0.5) is 0 Å². The molecule has 3 rings (SSSR count). The molecule has 2 heteroatoms. The summed E-state index contributed by atoms with van der Waals surface area (Å²) >= 11 is 0. The number of hydrogen-bond acceptors (Lipinski definition) is 2. The van der Waals surface area contributed by atoms with E-state index in [1.165, 1.54) is 41.2 Å². The fraction of sp³-hybridized carbons (Fsp3) is 0.524. The Labute approximate surface area is 140 Å². The van der Waals surface area contributed by atoms with Crippen LogP contribution in [0.15, 0.2) is 30.3 Å². The standard InChI is InChI=1S/C21H29NO/c1-4-22(5-2)15(3)21(23)20-14-16-10-6-7-11-17(16)18-12-8-9-13-19(18)20/h8-9,12-15,21,23H,4-7,10-11H2,1-3H3/t15-,21-/m0/s1. The van der Waals surface area contributed by atoms with E-state index >= 15 is 0 Å². The van der Waals surface area contributed by atoms with Crippen molar-refractivity contribution < 1.29 is 5.11 Å². The minimum Gasteiger partial charge on any atom is -0.387 e. The fourth-order valence-corrected chi connectivity index (χ4v) is 4.16. The van der Waals surface area contributed by atoms with Gasteiger partial charge in [0.15, 0.2) is 0 Å². The Balaban J connectivity index is 2.10. The summed E-state index contributed by atoms with van der Waals surface area (Å²) in [7, 11) is 0. The Morgan fingerprint density at radius 2 is 1.70 bits per heavy atom. The van der Waals surface area contributed by atoms with Crippen LogP contribution in [0.5, 0.6) is 0 Å². The van der Waals surface area contributed by atoms with E-state index in [1.54, 1.807) is 0 Å². The van der Waals surface area contributed by atoms with Crippen molar-refractivity contribution in [2.75, 3.05) is 13.1 Å². The molecule has 1 aliphatic rings. The van der Waals surface area contributed by atoms with Gasteiger partial charge < -0.3 is 5.11 Å². The maximum atomic E-state index is 11.1. The molecule has 2 aromatic carbocycles. The lowest BCUT2D eigenvalue weighted by Crippen LogP contribution is -2.37. The van der Waals surface area contributed by atoms with Crippen molar-refractivity contribution in [3.63, 3.8) is 0 Å². The fourth-order valence-electron chi connectivity index (χ4n) is 4.16. The Kier molecular flexibility index (Phi) is 5.03. The number of nitrogens with zero attached hydrogens (tertiary/aromatic N) is 1. The Morgan fingerprint density at radius 3 is 2.39 bits per heavy atom. The summed E-state index contributed by atoms with van der Waals surface area (Å²) in [6, 6.07) is 11.1. The van der Waals surface area contributed by atoms with E-state index in [-0.39, 0.29) is 6.04 Å². The minimum atomic E-state index is -0.438. The first-order valence-electron chi connectivity index (χ1n) is 9.12. The summed E-state index contributed by atoms with van der Waals surface area (Å²) in [5.74, 6) is 0. The van der Waals surface area contributed by atoms with Gasteiger partial charge >= 0.3 is 0 Å². The monoisotopic (exact) mass is 311 g/mol. The van der Waals surface area contributed by atoms with Crippen molar-refractivity contribution >= 4 is 10.8 Å². The van der Waals surface area contributed by atoms with Crippen LogP contribution < -0.4 is 0 Å². The predicted molar refractivity (Wildman–Crippen MR) is 97.9 cm³/mol. The number of aliphatic hydroxyl groups excluding tert-OH is 1. The molecule has 124 valence electrons. The maximum Gasteiger partial charge on any atom is 0.0948 e. The van der Waals surface area contributed by atoms with Crippen molar-refractivity contribution in [2.45, 2.75) is 58.6 Å². The minimum absolute atomic E-state index is 0.134. The second kappa shape index (κ2) is 7.02. The molecule has 0 amide bonds. The molecule has 2 atom stereocenters. The zero-order valence-electron chi connectivity index (χ0n) is 14.7. The number of rotatable bonds is 5. The molecule has 0 aliphatic heterocycles. The molecule has 0 aromatic heterocycles. The van der Waals surface area contributed by atoms with E-state index in [0.717, 1.165) is 25.1 Å². The molecule has 1 N–H and O–H groups in total. The third-order valence-corrected chi connectivity index (χ3v) is 5.57. The van der Waals surface area contributed by atoms with Crippen LogP contribution in [0.25, 0.3) is 10.8 Å². The van der Waals surface area contributed by atoms with Crippen LogP contribution in [0, 0.1) is 0 Å². The van der Waals surface area contributed by atoms with Gasteiger partial charge in [-0.15, -0.1) is 0 Å². The average Bonchev–Trinajstić information content (AvgIpc) is 2.61. The van der Waals surface area contributed by atoms with Gasteiger partial charge in [-0.3, -0.25) is 4.90 Å². The molecule has 2 aromatic rings. The van der Waals surface area contributed by atoms with E-state index in [2.05, 4.69) is 56.0 Å². The van der Waals surface area contributed by atoms with Crippen LogP contribution in [0.2, 0.25) is 0 Å². The van der Waals surface area contributed by atoms with Gasteiger partial charge in [0.05, 0.1) is 6.10 Å². The molecule has 0 spiro atoms. The van der Waals surface area contributed by atoms with Gasteiger partial charge in [0.2, 0.25) is 0 Å². The molecule has 23 heavy (non-hydrogen) atoms. The van der Waals surface area contributed by atoms with Crippen molar-refractivity contribution in [3.05, 3.63) is 47.0 Å². The summed E-state index contributed by atoms with van der Waals surface area (Å²) in [5, 5.41) is 13.7. The molecule has 2 nitrogen and oxygen atoms in total. The normalized spacial score (nSPS) is 17.3. The van der Waals surface area contributed by atoms with E-state index in [0.29, 0.717) is 0 Å². The zero-order chi connectivity index (χ0) is 16.4. The van der Waals surface area contributed by atoms with Crippen molar-refractivity contribution in [1.82, 2.24) is 4.90 Å². The van der Waals surface area contributed by atoms with Gasteiger partial charge in [-0.1, -0.05) is 44.2 Å². The van der Waals surface area contributed by atoms with Crippen LogP contribution >= 0.6 is 0 Å². The number of likely N-dealkylation sites (N-methyl/N-ethyl adjacent to an activating group) is 1. The summed E-state index contributed by atoms with van der Waals surface area (Å²) in [4.78, 5) is 2.33. The number of aryl methyl sites for hydroxylation is 2. The zero-order valence-corrected chi connectivity index (χ0v) is 14.7. The maximum absolute atomic E-state index is 11.1. The van der Waals surface area contributed by atoms with Crippen LogP contribution in [-0.2, 0) is 12.8 Å². The highest BCUT2D eigenvalue weighted by Crippen LogP contribution is 2.35. The topological polar surface area (TPSA) is 23.5 Å². The Morgan fingerprint density at radius 1 is 1.04 bits per heavy atom. The van der Waals surface area contributed by atoms with Crippen molar-refractivity contribution in [1.29, 1.82) is 0 Å². The highest BCUT2D eigenvalue weighted by atomic mass is 16.3. The SMILES string of the molecule is CCN(CC)[C@@H](C)[C@H](O)c1cc2c(c3ccccc13)CCCC2. The van der Waals surface area contributed by atoms with Gasteiger partial charge in [-0.05, 0) is 73.2 Å². The molecule has 0 unspecified atom stereocenters. The molecule has 0 saturated carbocycles. The van der Waals surface area contributed by atoms with Gasteiger partial charge in [-0.2, -0.15) is 0 Å². The summed E-state index contributed by atoms with van der Waals surface area (Å²) in [6.07, 6.45) is 4.45. The molecular formula is C21H29NO. The largest absolute Gasteiger partial charge is 0.387 e. The van der Waals surface area contributed by atoms with E-state index in [9.17, 15) is 5.11 Å². The molecule has 0 saturated heterocycles. The molecule has 1 aliphatic carbocycles. The lowest BCUT2D eigenvalue weighted by atomic mass is 9.83. The van der Waals surface area contributed by atoms with E-state index < -0.39 is 6.10 Å². The Bertz CT molecular complexity index is 675. The third-order valence-electron chi connectivity index (χ3n) is 5.57. The van der Waals surface area contributed by atoms with E-state index in [1.807, 2.05) is 0 Å². The van der Waals surface area contributed by atoms with Gasteiger partial charge in [0.25, 0.3) is 0 Å². The molecule has 0 radical (unpaired) electrons. The summed E-state index contributed by atoms with van der Waals surface area (Å²) in [5.41, 5.74) is 4.08. The first-order valence-corrected chi connectivity index (χ1v) is 9.12. The lowest BCUT2D eigenvalue weighted by molar-refractivity contribution is 0.0647. The number of hydrogen-bond donors (Lipinski definition) is 1. The lowest BCUT2D eigenvalue weighted by Gasteiger charge is -2.32.